The fourth-order valence-electron chi connectivity index (χ4n) is 2.91. The summed E-state index contributed by atoms with van der Waals surface area (Å²) in [6.07, 6.45) is -1.53. The first-order valence-electron chi connectivity index (χ1n) is 10.3. The number of rotatable bonds is 5. The van der Waals surface area contributed by atoms with Crippen LogP contribution in [-0.4, -0.2) is 45.5 Å². The van der Waals surface area contributed by atoms with Crippen LogP contribution in [0.4, 0.5) is 21.0 Å². The van der Waals surface area contributed by atoms with Crippen LogP contribution in [0, 0.1) is 0 Å². The van der Waals surface area contributed by atoms with Crippen LogP contribution in [0.15, 0.2) is 36.4 Å². The normalized spacial score (nSPS) is 11.4. The summed E-state index contributed by atoms with van der Waals surface area (Å²) in [7, 11) is 0. The molecule has 182 valence electrons. The molecule has 0 saturated carbocycles. The van der Waals surface area contributed by atoms with Gasteiger partial charge in [-0.1, -0.05) is 12.1 Å². The second-order valence-corrected chi connectivity index (χ2v) is 9.38. The zero-order chi connectivity index (χ0) is 25.8. The maximum Gasteiger partial charge on any atom is 0.412 e. The second kappa shape index (κ2) is 9.82. The third kappa shape index (κ3) is 7.51. The molecule has 2 rings (SSSR count). The Morgan fingerprint density at radius 1 is 0.647 bits per heavy atom. The van der Waals surface area contributed by atoms with E-state index in [2.05, 4.69) is 10.6 Å². The van der Waals surface area contributed by atoms with E-state index in [1.54, 1.807) is 41.5 Å². The number of benzene rings is 2. The number of carboxylic acid groups (broad SMARTS) is 2. The molecule has 2 aromatic rings. The first kappa shape index (κ1) is 26.2. The van der Waals surface area contributed by atoms with Gasteiger partial charge in [0.2, 0.25) is 0 Å². The Hall–Kier alpha value is -4.08. The van der Waals surface area contributed by atoms with Crippen LogP contribution >= 0.6 is 0 Å². The van der Waals surface area contributed by atoms with E-state index in [4.69, 9.17) is 9.47 Å². The summed E-state index contributed by atoms with van der Waals surface area (Å²) in [6, 6.07) is 8.06. The molecule has 10 nitrogen and oxygen atoms in total. The van der Waals surface area contributed by atoms with Crippen molar-refractivity contribution in [1.82, 2.24) is 0 Å². The average Bonchev–Trinajstić information content (AvgIpc) is 2.64. The molecular formula is C24H28N2O8. The zero-order valence-electron chi connectivity index (χ0n) is 19.8. The molecule has 0 aliphatic carbocycles. The summed E-state index contributed by atoms with van der Waals surface area (Å²) in [5, 5.41) is 24.4. The highest BCUT2D eigenvalue weighted by Crippen LogP contribution is 2.32. The molecule has 0 radical (unpaired) electrons. The molecule has 4 N–H and O–H groups in total. The Kier molecular flexibility index (Phi) is 7.56. The molecule has 0 aromatic heterocycles. The predicted molar refractivity (Wildman–Crippen MR) is 126 cm³/mol. The van der Waals surface area contributed by atoms with E-state index in [9.17, 15) is 29.4 Å². The van der Waals surface area contributed by atoms with Gasteiger partial charge < -0.3 is 19.7 Å². The highest BCUT2D eigenvalue weighted by molar-refractivity contribution is 6.04. The van der Waals surface area contributed by atoms with Crippen molar-refractivity contribution in [3.8, 4) is 11.1 Å². The Balaban J connectivity index is 2.43. The van der Waals surface area contributed by atoms with E-state index < -0.39 is 35.3 Å². The topological polar surface area (TPSA) is 151 Å². The Morgan fingerprint density at radius 3 is 1.24 bits per heavy atom. The quantitative estimate of drug-likeness (QED) is 0.449. The fraction of sp³-hybridized carbons (Fsp3) is 0.333. The number of anilines is 2. The van der Waals surface area contributed by atoms with Gasteiger partial charge in [0.05, 0.1) is 11.1 Å². The van der Waals surface area contributed by atoms with Gasteiger partial charge in [0.1, 0.15) is 11.2 Å². The monoisotopic (exact) mass is 472 g/mol. The van der Waals surface area contributed by atoms with Crippen molar-refractivity contribution in [2.24, 2.45) is 0 Å². The minimum Gasteiger partial charge on any atom is -0.478 e. The maximum atomic E-state index is 12.0. The molecule has 10 heteroatoms. The number of carbonyl (C=O) groups is 4. The lowest BCUT2D eigenvalue weighted by Gasteiger charge is -2.20. The molecule has 2 aromatic carbocycles. The molecule has 0 fully saturated rings. The van der Waals surface area contributed by atoms with Gasteiger partial charge in [0, 0.05) is 11.4 Å². The van der Waals surface area contributed by atoms with Crippen molar-refractivity contribution in [1.29, 1.82) is 0 Å². The fourth-order valence-corrected chi connectivity index (χ4v) is 2.91. The first-order valence-corrected chi connectivity index (χ1v) is 10.3. The largest absolute Gasteiger partial charge is 0.478 e. The number of hydrogen-bond donors (Lipinski definition) is 4. The van der Waals surface area contributed by atoms with Crippen LogP contribution < -0.4 is 10.6 Å². The zero-order valence-corrected chi connectivity index (χ0v) is 19.8. The van der Waals surface area contributed by atoms with Gasteiger partial charge in [-0.3, -0.25) is 10.6 Å². The van der Waals surface area contributed by atoms with Crippen molar-refractivity contribution in [3.05, 3.63) is 47.5 Å². The average molecular weight is 472 g/mol. The third-order valence-electron chi connectivity index (χ3n) is 4.08. The van der Waals surface area contributed by atoms with Crippen LogP contribution in [0.5, 0.6) is 0 Å². The number of hydrogen-bond acceptors (Lipinski definition) is 6. The summed E-state index contributed by atoms with van der Waals surface area (Å²) in [5.74, 6) is -2.65. The van der Waals surface area contributed by atoms with Crippen molar-refractivity contribution < 1.29 is 38.9 Å². The lowest BCUT2D eigenvalue weighted by Crippen LogP contribution is -2.27. The van der Waals surface area contributed by atoms with Crippen molar-refractivity contribution in [2.45, 2.75) is 52.7 Å². The number of aromatic carboxylic acids is 2. The van der Waals surface area contributed by atoms with Crippen molar-refractivity contribution in [3.63, 3.8) is 0 Å². The van der Waals surface area contributed by atoms with Gasteiger partial charge in [0.25, 0.3) is 0 Å². The van der Waals surface area contributed by atoms with Crippen molar-refractivity contribution in [2.75, 3.05) is 10.6 Å². The van der Waals surface area contributed by atoms with Crippen LogP contribution in [-0.2, 0) is 9.47 Å². The smallest absolute Gasteiger partial charge is 0.412 e. The lowest BCUT2D eigenvalue weighted by atomic mass is 9.94. The number of ether oxygens (including phenoxy) is 2. The number of amides is 2. The molecular weight excluding hydrogens is 444 g/mol. The van der Waals surface area contributed by atoms with Crippen LogP contribution in [0.3, 0.4) is 0 Å². The van der Waals surface area contributed by atoms with Crippen LogP contribution in [0.1, 0.15) is 62.3 Å². The highest BCUT2D eigenvalue weighted by atomic mass is 16.6. The summed E-state index contributed by atoms with van der Waals surface area (Å²) < 4.78 is 10.3. The van der Waals surface area contributed by atoms with E-state index in [1.165, 1.54) is 36.4 Å². The van der Waals surface area contributed by atoms with Gasteiger partial charge in [-0.2, -0.15) is 0 Å². The Labute approximate surface area is 196 Å². The summed E-state index contributed by atoms with van der Waals surface area (Å²) in [5.41, 5.74) is -1.40. The van der Waals surface area contributed by atoms with E-state index in [-0.39, 0.29) is 33.6 Å². The Bertz CT molecular complexity index is 1040. The minimum absolute atomic E-state index is 0.114. The lowest BCUT2D eigenvalue weighted by molar-refractivity contribution is 0.0624. The van der Waals surface area contributed by atoms with Gasteiger partial charge >= 0.3 is 24.1 Å². The molecule has 0 aliphatic heterocycles. The molecule has 0 spiro atoms. The minimum atomic E-state index is -1.32. The molecule has 34 heavy (non-hydrogen) atoms. The van der Waals surface area contributed by atoms with E-state index in [0.717, 1.165) is 0 Å². The molecule has 0 aliphatic rings. The van der Waals surface area contributed by atoms with E-state index >= 15 is 0 Å². The second-order valence-electron chi connectivity index (χ2n) is 9.38. The third-order valence-corrected chi connectivity index (χ3v) is 4.08. The van der Waals surface area contributed by atoms with Gasteiger partial charge in [0.15, 0.2) is 0 Å². The summed E-state index contributed by atoms with van der Waals surface area (Å²) in [6.45, 7) is 10.1. The molecule has 0 unspecified atom stereocenters. The summed E-state index contributed by atoms with van der Waals surface area (Å²) in [4.78, 5) is 47.9. The molecule has 0 atom stereocenters. The summed E-state index contributed by atoms with van der Waals surface area (Å²) >= 11 is 0. The molecule has 2 amide bonds. The van der Waals surface area contributed by atoms with Gasteiger partial charge in [-0.15, -0.1) is 0 Å². The van der Waals surface area contributed by atoms with Gasteiger partial charge in [-0.05, 0) is 76.9 Å². The van der Waals surface area contributed by atoms with Gasteiger partial charge in [-0.25, -0.2) is 19.2 Å². The first-order chi connectivity index (χ1) is 15.6. The maximum absolute atomic E-state index is 12.0. The highest BCUT2D eigenvalue weighted by Gasteiger charge is 2.22. The molecule has 0 heterocycles. The SMILES string of the molecule is CC(C)(C)OC(=O)Nc1ccc(-c2ccc(NC(=O)OC(C)(C)C)cc2C(=O)O)c(C(=O)O)c1. The molecule has 0 saturated heterocycles. The van der Waals surface area contributed by atoms with Crippen LogP contribution in [0.25, 0.3) is 11.1 Å². The van der Waals surface area contributed by atoms with Crippen LogP contribution in [0.2, 0.25) is 0 Å². The number of carboxylic acids is 2. The van der Waals surface area contributed by atoms with E-state index in [1.807, 2.05) is 0 Å². The molecule has 0 bridgehead atoms. The number of carbonyl (C=O) groups excluding carboxylic acids is 2. The van der Waals surface area contributed by atoms with E-state index in [0.29, 0.717) is 0 Å². The predicted octanol–water partition coefficient (Wildman–Crippen LogP) is 5.44. The Morgan fingerprint density at radius 2 is 0.971 bits per heavy atom. The standard InChI is InChI=1S/C24H28N2O8/c1-23(2,3)33-21(31)25-13-7-9-15(17(11-13)19(27)28)16-10-8-14(12-18(16)20(29)30)26-22(32)34-24(4,5)6/h7-12H,1-6H3,(H,25,31)(H,26,32)(H,27,28)(H,29,30). The van der Waals surface area contributed by atoms with Crippen molar-refractivity contribution >= 4 is 35.5 Å². The number of nitrogens with one attached hydrogen (secondary N) is 2.